The predicted molar refractivity (Wildman–Crippen MR) is 98.7 cm³/mol. The largest absolute Gasteiger partial charge is 0.495 e. The van der Waals surface area contributed by atoms with E-state index in [1.807, 2.05) is 57.1 Å². The van der Waals surface area contributed by atoms with Gasteiger partial charge in [0.1, 0.15) is 11.6 Å². The van der Waals surface area contributed by atoms with Gasteiger partial charge in [-0.15, -0.1) is 0 Å². The Hall–Kier alpha value is -2.56. The Kier molecular flexibility index (Phi) is 5.79. The van der Waals surface area contributed by atoms with Crippen LogP contribution in [0.3, 0.4) is 0 Å². The lowest BCUT2D eigenvalue weighted by molar-refractivity contribution is 0.415. The van der Waals surface area contributed by atoms with Crippen LogP contribution in [-0.2, 0) is 0 Å². The van der Waals surface area contributed by atoms with Gasteiger partial charge in [0.2, 0.25) is 0 Å². The van der Waals surface area contributed by atoms with Gasteiger partial charge >= 0.3 is 0 Å². The van der Waals surface area contributed by atoms with Crippen molar-refractivity contribution in [3.8, 4) is 5.75 Å². The van der Waals surface area contributed by atoms with Crippen LogP contribution in [0.25, 0.3) is 0 Å². The van der Waals surface area contributed by atoms with Gasteiger partial charge in [-0.3, -0.25) is 0 Å². The SMILES string of the molecule is CCN(C)/C=N/c1cc(F)c(N(C)c2ccccc2OC)cc1C. The predicted octanol–water partition coefficient (Wildman–Crippen LogP) is 4.52. The Labute approximate surface area is 143 Å². The van der Waals surface area contributed by atoms with Gasteiger partial charge in [0.05, 0.1) is 30.5 Å². The first-order valence-electron chi connectivity index (χ1n) is 7.89. The quantitative estimate of drug-likeness (QED) is 0.576. The van der Waals surface area contributed by atoms with Crippen LogP contribution in [-0.4, -0.2) is 39.0 Å². The van der Waals surface area contributed by atoms with Crippen molar-refractivity contribution in [3.63, 3.8) is 0 Å². The summed E-state index contributed by atoms with van der Waals surface area (Å²) in [7, 11) is 5.36. The summed E-state index contributed by atoms with van der Waals surface area (Å²) in [5.41, 5.74) is 2.83. The Morgan fingerprint density at radius 2 is 1.88 bits per heavy atom. The van der Waals surface area contributed by atoms with Gasteiger partial charge < -0.3 is 14.5 Å². The standard InChI is InChI=1S/C19H24FN3O/c1-6-22(3)13-21-16-12-15(20)18(11-14(16)2)23(4)17-9-7-8-10-19(17)24-5/h7-13H,6H2,1-5H3/b21-13+. The zero-order chi connectivity index (χ0) is 17.7. The number of halogens is 1. The number of benzene rings is 2. The average molecular weight is 329 g/mol. The third-order valence-electron chi connectivity index (χ3n) is 3.97. The first kappa shape index (κ1) is 17.8. The van der Waals surface area contributed by atoms with Crippen LogP contribution in [0.2, 0.25) is 0 Å². The minimum atomic E-state index is -0.319. The fourth-order valence-electron chi connectivity index (χ4n) is 2.33. The summed E-state index contributed by atoms with van der Waals surface area (Å²) in [5, 5.41) is 0. The highest BCUT2D eigenvalue weighted by atomic mass is 19.1. The number of methoxy groups -OCH3 is 1. The molecule has 0 N–H and O–H groups in total. The molecule has 0 aromatic heterocycles. The summed E-state index contributed by atoms with van der Waals surface area (Å²) in [6.45, 7) is 4.81. The number of anilines is 2. The van der Waals surface area contributed by atoms with Crippen molar-refractivity contribution in [2.45, 2.75) is 13.8 Å². The second-order valence-corrected chi connectivity index (χ2v) is 5.64. The third-order valence-corrected chi connectivity index (χ3v) is 3.97. The highest BCUT2D eigenvalue weighted by molar-refractivity contribution is 5.72. The molecule has 0 aliphatic carbocycles. The number of ether oxygens (including phenoxy) is 1. The second-order valence-electron chi connectivity index (χ2n) is 5.64. The lowest BCUT2D eigenvalue weighted by Crippen LogP contribution is -2.14. The maximum absolute atomic E-state index is 14.6. The highest BCUT2D eigenvalue weighted by Gasteiger charge is 2.15. The second kappa shape index (κ2) is 7.81. The van der Waals surface area contributed by atoms with E-state index in [9.17, 15) is 4.39 Å². The number of aryl methyl sites for hydroxylation is 1. The van der Waals surface area contributed by atoms with Gasteiger partial charge in [-0.2, -0.15) is 0 Å². The minimum Gasteiger partial charge on any atom is -0.495 e. The van der Waals surface area contributed by atoms with E-state index in [1.165, 1.54) is 6.07 Å². The molecule has 0 radical (unpaired) electrons. The van der Waals surface area contributed by atoms with Crippen molar-refractivity contribution in [3.05, 3.63) is 47.8 Å². The molecule has 0 saturated heterocycles. The normalized spacial score (nSPS) is 10.9. The smallest absolute Gasteiger partial charge is 0.148 e. The van der Waals surface area contributed by atoms with Crippen molar-refractivity contribution in [1.82, 2.24) is 4.90 Å². The molecule has 2 aromatic carbocycles. The summed E-state index contributed by atoms with van der Waals surface area (Å²) in [5.74, 6) is 0.379. The molecule has 0 atom stereocenters. The Morgan fingerprint density at radius 3 is 2.54 bits per heavy atom. The van der Waals surface area contributed by atoms with Crippen LogP contribution in [0.15, 0.2) is 41.4 Å². The lowest BCUT2D eigenvalue weighted by Gasteiger charge is -2.23. The maximum atomic E-state index is 14.6. The topological polar surface area (TPSA) is 28.1 Å². The first-order chi connectivity index (χ1) is 11.5. The summed E-state index contributed by atoms with van der Waals surface area (Å²) >= 11 is 0. The van der Waals surface area contributed by atoms with Crippen molar-refractivity contribution in [1.29, 1.82) is 0 Å². The van der Waals surface area contributed by atoms with Gasteiger partial charge in [-0.1, -0.05) is 12.1 Å². The van der Waals surface area contributed by atoms with Gasteiger partial charge in [-0.05, 0) is 37.6 Å². The van der Waals surface area contributed by atoms with Crippen LogP contribution < -0.4 is 9.64 Å². The summed E-state index contributed by atoms with van der Waals surface area (Å²) in [6, 6.07) is 10.8. The fraction of sp³-hybridized carbons (Fsp3) is 0.316. The van der Waals surface area contributed by atoms with Crippen LogP contribution in [0.1, 0.15) is 12.5 Å². The molecule has 24 heavy (non-hydrogen) atoms. The Morgan fingerprint density at radius 1 is 1.17 bits per heavy atom. The van der Waals surface area contributed by atoms with E-state index in [2.05, 4.69) is 4.99 Å². The Balaban J connectivity index is 2.38. The highest BCUT2D eigenvalue weighted by Crippen LogP contribution is 2.35. The number of aliphatic imine (C=N–C) groups is 1. The van der Waals surface area contributed by atoms with Gasteiger partial charge in [0.25, 0.3) is 0 Å². The molecular weight excluding hydrogens is 305 g/mol. The summed E-state index contributed by atoms with van der Waals surface area (Å²) < 4.78 is 20.0. The van der Waals surface area contributed by atoms with Crippen molar-refractivity contribution < 1.29 is 9.13 Å². The number of hydrogen-bond donors (Lipinski definition) is 0. The van der Waals surface area contributed by atoms with Gasteiger partial charge in [0, 0.05) is 26.7 Å². The van der Waals surface area contributed by atoms with E-state index >= 15 is 0 Å². The summed E-state index contributed by atoms with van der Waals surface area (Å²) in [6.07, 6.45) is 1.71. The Bertz CT molecular complexity index is 731. The molecular formula is C19H24FN3O. The molecule has 128 valence electrons. The monoisotopic (exact) mass is 329 g/mol. The maximum Gasteiger partial charge on any atom is 0.148 e. The third kappa shape index (κ3) is 3.85. The molecule has 0 heterocycles. The fourth-order valence-corrected chi connectivity index (χ4v) is 2.33. The van der Waals surface area contributed by atoms with Crippen molar-refractivity contribution >= 4 is 23.4 Å². The lowest BCUT2D eigenvalue weighted by atomic mass is 10.1. The molecule has 2 aromatic rings. The summed E-state index contributed by atoms with van der Waals surface area (Å²) in [4.78, 5) is 8.08. The molecule has 0 aliphatic rings. The van der Waals surface area contributed by atoms with Crippen molar-refractivity contribution in [2.75, 3.05) is 32.6 Å². The van der Waals surface area contributed by atoms with E-state index in [0.29, 0.717) is 17.1 Å². The molecule has 5 heteroatoms. The molecule has 0 fully saturated rings. The number of rotatable bonds is 6. The average Bonchev–Trinajstić information content (AvgIpc) is 2.61. The molecule has 4 nitrogen and oxygen atoms in total. The number of para-hydroxylation sites is 2. The van der Waals surface area contributed by atoms with E-state index in [0.717, 1.165) is 17.8 Å². The zero-order valence-corrected chi connectivity index (χ0v) is 14.9. The van der Waals surface area contributed by atoms with Crippen LogP contribution in [0.5, 0.6) is 5.75 Å². The zero-order valence-electron chi connectivity index (χ0n) is 14.9. The van der Waals surface area contributed by atoms with E-state index in [1.54, 1.807) is 24.4 Å². The first-order valence-corrected chi connectivity index (χ1v) is 7.89. The van der Waals surface area contributed by atoms with E-state index in [-0.39, 0.29) is 5.82 Å². The molecule has 0 amide bonds. The van der Waals surface area contributed by atoms with Crippen molar-refractivity contribution in [2.24, 2.45) is 4.99 Å². The molecule has 0 spiro atoms. The van der Waals surface area contributed by atoms with Crippen LogP contribution in [0, 0.1) is 12.7 Å². The van der Waals surface area contributed by atoms with Gasteiger partial charge in [0.15, 0.2) is 0 Å². The molecule has 2 rings (SSSR count). The van der Waals surface area contributed by atoms with Crippen LogP contribution >= 0.6 is 0 Å². The molecule has 0 bridgehead atoms. The molecule has 0 aliphatic heterocycles. The van der Waals surface area contributed by atoms with E-state index in [4.69, 9.17) is 4.74 Å². The van der Waals surface area contributed by atoms with Crippen LogP contribution in [0.4, 0.5) is 21.5 Å². The number of nitrogens with zero attached hydrogens (tertiary/aromatic N) is 3. The minimum absolute atomic E-state index is 0.319. The molecule has 0 saturated carbocycles. The number of hydrogen-bond acceptors (Lipinski definition) is 3. The molecule has 0 unspecified atom stereocenters. The van der Waals surface area contributed by atoms with Gasteiger partial charge in [-0.25, -0.2) is 9.38 Å². The van der Waals surface area contributed by atoms with E-state index < -0.39 is 0 Å².